The smallest absolute Gasteiger partial charge is 0.132 e. The molecule has 0 fully saturated rings. The molecule has 96 valence electrons. The van der Waals surface area contributed by atoms with Gasteiger partial charge in [0.2, 0.25) is 0 Å². The van der Waals surface area contributed by atoms with Crippen LogP contribution in [0.15, 0.2) is 12.1 Å². The van der Waals surface area contributed by atoms with E-state index in [1.54, 1.807) is 19.1 Å². The Bertz CT molecular complexity index is 384. The van der Waals surface area contributed by atoms with Crippen LogP contribution in [0.3, 0.4) is 0 Å². The molecule has 0 aliphatic heterocycles. The van der Waals surface area contributed by atoms with Crippen molar-refractivity contribution in [3.05, 3.63) is 34.1 Å². The minimum absolute atomic E-state index is 0.218. The molecule has 3 N–H and O–H groups in total. The van der Waals surface area contributed by atoms with E-state index >= 15 is 0 Å². The van der Waals surface area contributed by atoms with E-state index in [9.17, 15) is 9.50 Å². The second kappa shape index (κ2) is 6.34. The molecule has 17 heavy (non-hydrogen) atoms. The van der Waals surface area contributed by atoms with Crippen molar-refractivity contribution in [1.82, 2.24) is 0 Å². The number of hydrogen-bond donors (Lipinski definition) is 2. The lowest BCUT2D eigenvalue weighted by Gasteiger charge is -2.21. The highest BCUT2D eigenvalue weighted by Crippen LogP contribution is 2.29. The number of hydrogen-bond acceptors (Lipinski definition) is 2. The molecular weight excluding hydrogens is 241 g/mol. The van der Waals surface area contributed by atoms with Gasteiger partial charge >= 0.3 is 0 Å². The molecule has 0 spiro atoms. The number of aliphatic hydroxyl groups is 1. The van der Waals surface area contributed by atoms with Crippen LogP contribution >= 0.6 is 11.6 Å². The monoisotopic (exact) mass is 259 g/mol. The van der Waals surface area contributed by atoms with Crippen molar-refractivity contribution in [3.8, 4) is 0 Å². The largest absolute Gasteiger partial charge is 0.391 e. The molecule has 0 saturated carbocycles. The first-order chi connectivity index (χ1) is 7.99. The second-order valence-electron chi connectivity index (χ2n) is 4.33. The Morgan fingerprint density at radius 1 is 1.47 bits per heavy atom. The van der Waals surface area contributed by atoms with Crippen molar-refractivity contribution in [2.24, 2.45) is 5.73 Å². The van der Waals surface area contributed by atoms with Gasteiger partial charge < -0.3 is 10.8 Å². The van der Waals surface area contributed by atoms with Crippen molar-refractivity contribution < 1.29 is 9.50 Å². The fourth-order valence-corrected chi connectivity index (χ4v) is 2.04. The Hall–Kier alpha value is -0.640. The number of benzene rings is 1. The molecule has 0 saturated heterocycles. The number of unbranched alkanes of at least 4 members (excludes halogenated alkanes) is 1. The van der Waals surface area contributed by atoms with Gasteiger partial charge in [-0.05, 0) is 25.0 Å². The summed E-state index contributed by atoms with van der Waals surface area (Å²) in [5, 5.41) is 10.2. The third-order valence-corrected chi connectivity index (χ3v) is 3.25. The molecule has 1 aromatic rings. The van der Waals surface area contributed by atoms with Gasteiger partial charge in [0.05, 0.1) is 12.1 Å². The molecule has 0 heterocycles. The van der Waals surface area contributed by atoms with Crippen LogP contribution in [0.4, 0.5) is 4.39 Å². The molecule has 2 atom stereocenters. The zero-order chi connectivity index (χ0) is 13.0. The first-order valence-corrected chi connectivity index (χ1v) is 6.25. The molecule has 4 heteroatoms. The normalized spacial score (nSPS) is 14.7. The van der Waals surface area contributed by atoms with E-state index in [0.717, 1.165) is 12.8 Å². The molecule has 0 amide bonds. The van der Waals surface area contributed by atoms with Gasteiger partial charge in [-0.25, -0.2) is 4.39 Å². The van der Waals surface area contributed by atoms with E-state index in [2.05, 4.69) is 0 Å². The third kappa shape index (κ3) is 3.41. The summed E-state index contributed by atoms with van der Waals surface area (Å²) in [6.07, 6.45) is 1.62. The molecule has 0 aromatic heterocycles. The fourth-order valence-electron chi connectivity index (χ4n) is 1.77. The van der Waals surface area contributed by atoms with Crippen molar-refractivity contribution in [1.29, 1.82) is 0 Å². The molecule has 0 radical (unpaired) electrons. The molecule has 0 aliphatic rings. The highest BCUT2D eigenvalue weighted by Gasteiger charge is 2.23. The maximum atomic E-state index is 13.9. The standard InChI is InChI=1S/C13H19ClFNO/c1-3-4-5-10(17)13(16)11-9(14)7-6-8(2)12(11)15/h6-7,10,13,17H,3-5,16H2,1-2H3/t10-,13-/m1/s1. The maximum absolute atomic E-state index is 13.9. The summed E-state index contributed by atoms with van der Waals surface area (Å²) in [5.74, 6) is -0.416. The number of aliphatic hydroxyl groups excluding tert-OH is 1. The first-order valence-electron chi connectivity index (χ1n) is 5.87. The van der Waals surface area contributed by atoms with E-state index in [1.807, 2.05) is 6.92 Å². The molecule has 1 aromatic carbocycles. The van der Waals surface area contributed by atoms with Gasteiger partial charge in [0.25, 0.3) is 0 Å². The molecule has 0 unspecified atom stereocenters. The highest BCUT2D eigenvalue weighted by molar-refractivity contribution is 6.31. The Morgan fingerprint density at radius 2 is 2.12 bits per heavy atom. The summed E-state index contributed by atoms with van der Waals surface area (Å²) in [5.41, 5.74) is 6.58. The predicted octanol–water partition coefficient (Wildman–Crippen LogP) is 3.34. The van der Waals surface area contributed by atoms with Crippen LogP contribution in [0.5, 0.6) is 0 Å². The van der Waals surface area contributed by atoms with Crippen molar-refractivity contribution in [2.45, 2.75) is 45.3 Å². The van der Waals surface area contributed by atoms with E-state index in [4.69, 9.17) is 17.3 Å². The first kappa shape index (κ1) is 14.4. The van der Waals surface area contributed by atoms with Gasteiger partial charge in [0.15, 0.2) is 0 Å². The molecule has 1 rings (SSSR count). The van der Waals surface area contributed by atoms with Crippen LogP contribution in [0.2, 0.25) is 5.02 Å². The number of rotatable bonds is 5. The van der Waals surface area contributed by atoms with Crippen molar-refractivity contribution >= 4 is 11.6 Å². The minimum atomic E-state index is -0.769. The van der Waals surface area contributed by atoms with Crippen LogP contribution in [-0.4, -0.2) is 11.2 Å². The molecular formula is C13H19ClFNO. The lowest BCUT2D eigenvalue weighted by molar-refractivity contribution is 0.131. The molecule has 0 bridgehead atoms. The lowest BCUT2D eigenvalue weighted by Crippen LogP contribution is -2.27. The summed E-state index contributed by atoms with van der Waals surface area (Å²) in [6, 6.07) is 2.45. The Kier molecular flexibility index (Phi) is 5.37. The molecule has 0 aliphatic carbocycles. The Labute approximate surface area is 107 Å². The summed E-state index contributed by atoms with van der Waals surface area (Å²) in [6.45, 7) is 3.68. The minimum Gasteiger partial charge on any atom is -0.391 e. The Morgan fingerprint density at radius 3 is 2.71 bits per heavy atom. The third-order valence-electron chi connectivity index (χ3n) is 2.92. The van der Waals surface area contributed by atoms with Gasteiger partial charge in [-0.1, -0.05) is 37.4 Å². The average molecular weight is 260 g/mol. The average Bonchev–Trinajstić information content (AvgIpc) is 2.31. The maximum Gasteiger partial charge on any atom is 0.132 e. The van der Waals surface area contributed by atoms with Gasteiger partial charge in [0.1, 0.15) is 5.82 Å². The van der Waals surface area contributed by atoms with Crippen LogP contribution < -0.4 is 5.73 Å². The zero-order valence-electron chi connectivity index (χ0n) is 10.2. The van der Waals surface area contributed by atoms with E-state index in [1.165, 1.54) is 0 Å². The highest BCUT2D eigenvalue weighted by atomic mass is 35.5. The van der Waals surface area contributed by atoms with Gasteiger partial charge in [-0.2, -0.15) is 0 Å². The lowest BCUT2D eigenvalue weighted by atomic mass is 9.96. The fraction of sp³-hybridized carbons (Fsp3) is 0.538. The molecule has 2 nitrogen and oxygen atoms in total. The van der Waals surface area contributed by atoms with E-state index < -0.39 is 18.0 Å². The van der Waals surface area contributed by atoms with Crippen LogP contribution in [0, 0.1) is 12.7 Å². The van der Waals surface area contributed by atoms with Gasteiger partial charge in [0, 0.05) is 10.6 Å². The quantitative estimate of drug-likeness (QED) is 0.852. The number of halogens is 2. The Balaban J connectivity index is 2.95. The van der Waals surface area contributed by atoms with Crippen molar-refractivity contribution in [3.63, 3.8) is 0 Å². The van der Waals surface area contributed by atoms with E-state index in [-0.39, 0.29) is 10.6 Å². The van der Waals surface area contributed by atoms with Crippen LogP contribution in [0.1, 0.15) is 43.4 Å². The van der Waals surface area contributed by atoms with Gasteiger partial charge in [-0.3, -0.25) is 0 Å². The van der Waals surface area contributed by atoms with Gasteiger partial charge in [-0.15, -0.1) is 0 Å². The van der Waals surface area contributed by atoms with E-state index in [0.29, 0.717) is 12.0 Å². The van der Waals surface area contributed by atoms with Crippen LogP contribution in [-0.2, 0) is 0 Å². The van der Waals surface area contributed by atoms with Crippen LogP contribution in [0.25, 0.3) is 0 Å². The number of aryl methyl sites for hydroxylation is 1. The SMILES string of the molecule is CCCC[C@@H](O)[C@@H](N)c1c(Cl)ccc(C)c1F. The zero-order valence-corrected chi connectivity index (χ0v) is 11.0. The summed E-state index contributed by atoms with van der Waals surface area (Å²) in [7, 11) is 0. The summed E-state index contributed by atoms with van der Waals surface area (Å²) in [4.78, 5) is 0. The van der Waals surface area contributed by atoms with Crippen molar-refractivity contribution in [2.75, 3.05) is 0 Å². The predicted molar refractivity (Wildman–Crippen MR) is 68.6 cm³/mol. The summed E-state index contributed by atoms with van der Waals surface area (Å²) < 4.78 is 13.9. The topological polar surface area (TPSA) is 46.2 Å². The number of nitrogens with two attached hydrogens (primary N) is 1. The summed E-state index contributed by atoms with van der Waals surface area (Å²) >= 11 is 5.94. The second-order valence-corrected chi connectivity index (χ2v) is 4.73.